The number of halogens is 1. The van der Waals surface area contributed by atoms with Gasteiger partial charge < -0.3 is 10.4 Å². The summed E-state index contributed by atoms with van der Waals surface area (Å²) < 4.78 is 0.731. The lowest BCUT2D eigenvalue weighted by Gasteiger charge is -2.03. The van der Waals surface area contributed by atoms with Crippen LogP contribution in [0.2, 0.25) is 4.34 Å². The average Bonchev–Trinajstić information content (AvgIpc) is 2.98. The van der Waals surface area contributed by atoms with E-state index >= 15 is 0 Å². The summed E-state index contributed by atoms with van der Waals surface area (Å²) in [6.07, 6.45) is 0. The summed E-state index contributed by atoms with van der Waals surface area (Å²) >= 11 is 9.97. The van der Waals surface area contributed by atoms with Crippen LogP contribution in [0.15, 0.2) is 23.6 Å². The molecule has 2 N–H and O–H groups in total. The van der Waals surface area contributed by atoms with E-state index in [9.17, 15) is 9.59 Å². The van der Waals surface area contributed by atoms with Gasteiger partial charge in [0.25, 0.3) is 0 Å². The number of carbonyl (C=O) groups excluding carboxylic acids is 1. The number of carboxylic acids is 1. The fraction of sp³-hybridized carbons (Fsp3) is 0.167. The number of nitrogens with one attached hydrogen (secondary N) is 1. The normalized spacial score (nSPS) is 10.4. The lowest BCUT2D eigenvalue weighted by molar-refractivity contribution is -0.113. The molecule has 8 heteroatoms. The van der Waals surface area contributed by atoms with Crippen LogP contribution in [0.4, 0.5) is 5.00 Å². The summed E-state index contributed by atoms with van der Waals surface area (Å²) in [7, 11) is 0. The van der Waals surface area contributed by atoms with Gasteiger partial charge in [-0.15, -0.1) is 34.4 Å². The Morgan fingerprint density at radius 3 is 2.80 bits per heavy atom. The maximum absolute atomic E-state index is 11.7. The number of anilines is 1. The minimum absolute atomic E-state index is 0.124. The molecular formula is C12H10ClNO3S3. The molecule has 0 aliphatic rings. The number of hydrogen-bond acceptors (Lipinski definition) is 5. The first-order chi connectivity index (χ1) is 9.56. The first-order valence-corrected chi connectivity index (χ1v) is 8.71. The van der Waals surface area contributed by atoms with Crippen molar-refractivity contribution in [2.45, 2.75) is 5.75 Å². The summed E-state index contributed by atoms with van der Waals surface area (Å²) in [6.45, 7) is 0. The molecule has 0 aromatic carbocycles. The molecule has 2 heterocycles. The molecule has 0 saturated heterocycles. The van der Waals surface area contributed by atoms with Crippen LogP contribution in [-0.4, -0.2) is 22.7 Å². The van der Waals surface area contributed by atoms with Crippen LogP contribution in [-0.2, 0) is 10.5 Å². The van der Waals surface area contributed by atoms with Crippen molar-refractivity contribution in [3.8, 4) is 0 Å². The maximum atomic E-state index is 11.7. The van der Waals surface area contributed by atoms with Gasteiger partial charge in [-0.3, -0.25) is 4.79 Å². The second kappa shape index (κ2) is 7.12. The van der Waals surface area contributed by atoms with E-state index < -0.39 is 5.97 Å². The van der Waals surface area contributed by atoms with Crippen molar-refractivity contribution in [1.82, 2.24) is 0 Å². The zero-order chi connectivity index (χ0) is 14.5. The molecule has 20 heavy (non-hydrogen) atoms. The number of thiophene rings is 2. The van der Waals surface area contributed by atoms with Gasteiger partial charge in [-0.1, -0.05) is 11.6 Å². The van der Waals surface area contributed by atoms with Crippen LogP contribution >= 0.6 is 46.0 Å². The van der Waals surface area contributed by atoms with Crippen LogP contribution in [0.1, 0.15) is 15.2 Å². The van der Waals surface area contributed by atoms with E-state index in [4.69, 9.17) is 16.7 Å². The van der Waals surface area contributed by atoms with Crippen molar-refractivity contribution in [2.24, 2.45) is 0 Å². The highest BCUT2D eigenvalue weighted by atomic mass is 35.5. The van der Waals surface area contributed by atoms with Crippen molar-refractivity contribution in [1.29, 1.82) is 0 Å². The van der Waals surface area contributed by atoms with Crippen LogP contribution in [0.25, 0.3) is 0 Å². The van der Waals surface area contributed by atoms with Gasteiger partial charge in [0, 0.05) is 10.6 Å². The smallest absolute Gasteiger partial charge is 0.338 e. The SMILES string of the molecule is O=C(CSCc1ccc(Cl)s1)Nc1sccc1C(=O)O. The van der Waals surface area contributed by atoms with E-state index in [0.29, 0.717) is 10.8 Å². The Morgan fingerprint density at radius 1 is 1.35 bits per heavy atom. The second-order valence-electron chi connectivity index (χ2n) is 3.72. The molecule has 0 unspecified atom stereocenters. The summed E-state index contributed by atoms with van der Waals surface area (Å²) in [6, 6.07) is 5.23. The summed E-state index contributed by atoms with van der Waals surface area (Å²) in [5.41, 5.74) is 0.124. The molecule has 0 bridgehead atoms. The van der Waals surface area contributed by atoms with E-state index in [1.807, 2.05) is 12.1 Å². The number of carboxylic acid groups (broad SMARTS) is 1. The zero-order valence-corrected chi connectivity index (χ0v) is 13.3. The molecule has 106 valence electrons. The molecule has 2 aromatic rings. The quantitative estimate of drug-likeness (QED) is 0.827. The molecule has 0 fully saturated rings. The van der Waals surface area contributed by atoms with Crippen molar-refractivity contribution >= 4 is 62.9 Å². The fourth-order valence-corrected chi connectivity index (χ4v) is 4.23. The van der Waals surface area contributed by atoms with E-state index in [-0.39, 0.29) is 17.2 Å². The molecule has 0 aliphatic carbocycles. The van der Waals surface area contributed by atoms with Crippen LogP contribution in [0.3, 0.4) is 0 Å². The number of rotatable bonds is 6. The highest BCUT2D eigenvalue weighted by Gasteiger charge is 2.13. The third kappa shape index (κ3) is 4.24. The third-order valence-corrected chi connectivity index (χ3v) is 5.48. The Morgan fingerprint density at radius 2 is 2.15 bits per heavy atom. The van der Waals surface area contributed by atoms with Gasteiger partial charge in [-0.05, 0) is 23.6 Å². The zero-order valence-electron chi connectivity index (χ0n) is 10.1. The van der Waals surface area contributed by atoms with Crippen molar-refractivity contribution in [3.63, 3.8) is 0 Å². The third-order valence-electron chi connectivity index (χ3n) is 2.25. The van der Waals surface area contributed by atoms with Gasteiger partial charge in [-0.25, -0.2) is 4.79 Å². The predicted molar refractivity (Wildman–Crippen MR) is 85.4 cm³/mol. The average molecular weight is 348 g/mol. The molecule has 0 aliphatic heterocycles. The van der Waals surface area contributed by atoms with Crippen LogP contribution in [0, 0.1) is 0 Å². The maximum Gasteiger partial charge on any atom is 0.338 e. The summed E-state index contributed by atoms with van der Waals surface area (Å²) in [4.78, 5) is 23.8. The van der Waals surface area contributed by atoms with Crippen molar-refractivity contribution in [2.75, 3.05) is 11.1 Å². The van der Waals surface area contributed by atoms with Gasteiger partial charge in [0.1, 0.15) is 5.00 Å². The van der Waals surface area contributed by atoms with Crippen LogP contribution in [0.5, 0.6) is 0 Å². The Labute approximate surface area is 132 Å². The lowest BCUT2D eigenvalue weighted by Crippen LogP contribution is -2.15. The number of hydrogen-bond donors (Lipinski definition) is 2. The molecule has 0 spiro atoms. The Bertz CT molecular complexity index is 623. The molecular weight excluding hydrogens is 338 g/mol. The minimum Gasteiger partial charge on any atom is -0.478 e. The molecule has 0 atom stereocenters. The number of amides is 1. The van der Waals surface area contributed by atoms with Gasteiger partial charge in [0.15, 0.2) is 0 Å². The molecule has 1 amide bonds. The van der Waals surface area contributed by atoms with Gasteiger partial charge in [-0.2, -0.15) is 0 Å². The number of thioether (sulfide) groups is 1. The monoisotopic (exact) mass is 347 g/mol. The van der Waals surface area contributed by atoms with Crippen molar-refractivity contribution < 1.29 is 14.7 Å². The Kier molecular flexibility index (Phi) is 5.47. The first kappa shape index (κ1) is 15.4. The number of aromatic carboxylic acids is 1. The highest BCUT2D eigenvalue weighted by Crippen LogP contribution is 2.26. The standard InChI is InChI=1S/C12H10ClNO3S3/c13-9-2-1-7(20-9)5-18-6-10(15)14-11-8(12(16)17)3-4-19-11/h1-4H,5-6H2,(H,14,15)(H,16,17). The molecule has 2 aromatic heterocycles. The molecule has 0 saturated carbocycles. The molecule has 2 rings (SSSR count). The topological polar surface area (TPSA) is 66.4 Å². The van der Waals surface area contributed by atoms with E-state index in [1.54, 1.807) is 5.38 Å². The summed E-state index contributed by atoms with van der Waals surface area (Å²) in [5, 5.41) is 13.6. The van der Waals surface area contributed by atoms with Crippen molar-refractivity contribution in [3.05, 3.63) is 38.4 Å². The van der Waals surface area contributed by atoms with Gasteiger partial charge in [0.05, 0.1) is 15.7 Å². The van der Waals surface area contributed by atoms with E-state index in [2.05, 4.69) is 5.32 Å². The van der Waals surface area contributed by atoms with E-state index in [0.717, 1.165) is 9.21 Å². The predicted octanol–water partition coefficient (Wildman–Crippen LogP) is 4.03. The minimum atomic E-state index is -1.04. The van der Waals surface area contributed by atoms with Gasteiger partial charge in [0.2, 0.25) is 5.91 Å². The van der Waals surface area contributed by atoms with E-state index in [1.165, 1.54) is 40.5 Å². The largest absolute Gasteiger partial charge is 0.478 e. The second-order valence-corrected chi connectivity index (χ2v) is 7.42. The highest BCUT2D eigenvalue weighted by molar-refractivity contribution is 7.99. The first-order valence-electron chi connectivity index (χ1n) is 5.49. The Hall–Kier alpha value is -1.02. The molecule has 4 nitrogen and oxygen atoms in total. The fourth-order valence-electron chi connectivity index (χ4n) is 1.41. The molecule has 0 radical (unpaired) electrons. The lowest BCUT2D eigenvalue weighted by atomic mass is 10.3. The summed E-state index contributed by atoms with van der Waals surface area (Å²) in [5.74, 6) is -0.266. The van der Waals surface area contributed by atoms with Crippen LogP contribution < -0.4 is 5.32 Å². The van der Waals surface area contributed by atoms with Gasteiger partial charge >= 0.3 is 5.97 Å². The number of carbonyl (C=O) groups is 2. The Balaban J connectivity index is 1.80.